The lowest BCUT2D eigenvalue weighted by molar-refractivity contribution is -0.123. The van der Waals surface area contributed by atoms with Gasteiger partial charge in [-0.2, -0.15) is 0 Å². The van der Waals surface area contributed by atoms with E-state index in [0.29, 0.717) is 12.0 Å². The molecule has 0 bridgehead atoms. The number of fused-ring (bicyclic) bond motifs is 1. The molecule has 3 rings (SSSR count). The Morgan fingerprint density at radius 2 is 2.37 bits per heavy atom. The number of carbonyl (C=O) groups excluding carboxylic acids is 1. The number of carbonyl (C=O) groups is 1. The number of rotatable bonds is 3. The molecule has 5 heteroatoms. The van der Waals surface area contributed by atoms with Crippen LogP contribution in [0.2, 0.25) is 0 Å². The molecular weight excluding hydrogens is 258 g/mol. The van der Waals surface area contributed by atoms with E-state index in [2.05, 4.69) is 15.6 Å². The topological polar surface area (TPSA) is 54.0 Å². The van der Waals surface area contributed by atoms with Gasteiger partial charge < -0.3 is 10.6 Å². The predicted molar refractivity (Wildman–Crippen MR) is 76.0 cm³/mol. The predicted octanol–water partition coefficient (Wildman–Crippen LogP) is 2.24. The van der Waals surface area contributed by atoms with Gasteiger partial charge >= 0.3 is 0 Å². The minimum atomic E-state index is -0.00416. The Morgan fingerprint density at radius 3 is 3.11 bits per heavy atom. The zero-order valence-electron chi connectivity index (χ0n) is 11.3. The van der Waals surface area contributed by atoms with E-state index in [-0.39, 0.29) is 18.0 Å². The summed E-state index contributed by atoms with van der Waals surface area (Å²) in [7, 11) is 0. The van der Waals surface area contributed by atoms with Crippen LogP contribution in [0.1, 0.15) is 50.1 Å². The van der Waals surface area contributed by atoms with Crippen LogP contribution in [0.15, 0.2) is 11.6 Å². The molecule has 2 heterocycles. The minimum Gasteiger partial charge on any atom is -0.346 e. The van der Waals surface area contributed by atoms with Crippen molar-refractivity contribution in [1.82, 2.24) is 15.6 Å². The fourth-order valence-electron chi connectivity index (χ4n) is 3.35. The Balaban J connectivity index is 1.56. The third-order valence-electron chi connectivity index (χ3n) is 4.36. The first-order valence-electron chi connectivity index (χ1n) is 7.20. The third kappa shape index (κ3) is 2.82. The molecule has 2 N–H and O–H groups in total. The summed E-state index contributed by atoms with van der Waals surface area (Å²) >= 11 is 1.59. The number of thiazole rings is 1. The first-order chi connectivity index (χ1) is 9.24. The molecule has 0 aromatic carbocycles. The van der Waals surface area contributed by atoms with Gasteiger partial charge in [-0.25, -0.2) is 4.98 Å². The number of amides is 1. The summed E-state index contributed by atoms with van der Waals surface area (Å²) in [5.41, 5.74) is 0. The van der Waals surface area contributed by atoms with Crippen molar-refractivity contribution in [2.75, 3.05) is 0 Å². The first kappa shape index (κ1) is 13.1. The first-order valence-corrected chi connectivity index (χ1v) is 8.08. The molecule has 1 aromatic rings. The highest BCUT2D eigenvalue weighted by Gasteiger charge is 2.38. The van der Waals surface area contributed by atoms with E-state index in [1.54, 1.807) is 17.5 Å². The lowest BCUT2D eigenvalue weighted by Gasteiger charge is -2.24. The SMILES string of the molecule is CC(NC(=O)C1CC2CCCCC2N1)c1nccs1. The van der Waals surface area contributed by atoms with Gasteiger partial charge in [-0.1, -0.05) is 12.8 Å². The Hall–Kier alpha value is -0.940. The van der Waals surface area contributed by atoms with Crippen LogP contribution in [0.3, 0.4) is 0 Å². The molecule has 1 aromatic heterocycles. The standard InChI is InChI=1S/C14H21N3OS/c1-9(14-15-6-7-19-14)16-13(18)12-8-10-4-2-3-5-11(10)17-12/h6-7,9-12,17H,2-5,8H2,1H3,(H,16,18). The van der Waals surface area contributed by atoms with Gasteiger partial charge in [0.25, 0.3) is 0 Å². The molecular formula is C14H21N3OS. The fourth-order valence-corrected chi connectivity index (χ4v) is 3.99. The molecule has 1 saturated carbocycles. The number of hydrogen-bond acceptors (Lipinski definition) is 4. The molecule has 4 atom stereocenters. The van der Waals surface area contributed by atoms with Crippen LogP contribution in [-0.2, 0) is 4.79 Å². The lowest BCUT2D eigenvalue weighted by Crippen LogP contribution is -2.43. The number of hydrogen-bond donors (Lipinski definition) is 2. The maximum atomic E-state index is 12.3. The molecule has 4 nitrogen and oxygen atoms in total. The summed E-state index contributed by atoms with van der Waals surface area (Å²) in [6, 6.07) is 0.576. The molecule has 1 amide bonds. The smallest absolute Gasteiger partial charge is 0.237 e. The molecule has 1 aliphatic heterocycles. The van der Waals surface area contributed by atoms with Gasteiger partial charge in [-0.15, -0.1) is 11.3 Å². The van der Waals surface area contributed by atoms with Crippen molar-refractivity contribution in [2.24, 2.45) is 5.92 Å². The molecule has 2 fully saturated rings. The van der Waals surface area contributed by atoms with Gasteiger partial charge in [0.15, 0.2) is 0 Å². The molecule has 19 heavy (non-hydrogen) atoms. The van der Waals surface area contributed by atoms with Crippen molar-refractivity contribution in [1.29, 1.82) is 0 Å². The van der Waals surface area contributed by atoms with Crippen LogP contribution in [0, 0.1) is 5.92 Å². The Bertz CT molecular complexity index is 420. The summed E-state index contributed by atoms with van der Waals surface area (Å²) < 4.78 is 0. The highest BCUT2D eigenvalue weighted by molar-refractivity contribution is 7.09. The monoisotopic (exact) mass is 279 g/mol. The van der Waals surface area contributed by atoms with Gasteiger partial charge in [-0.3, -0.25) is 4.79 Å². The fraction of sp³-hybridized carbons (Fsp3) is 0.714. The van der Waals surface area contributed by atoms with Crippen molar-refractivity contribution in [3.8, 4) is 0 Å². The van der Waals surface area contributed by atoms with E-state index < -0.39 is 0 Å². The van der Waals surface area contributed by atoms with Crippen LogP contribution in [0.4, 0.5) is 0 Å². The Kier molecular flexibility index (Phi) is 3.84. The van der Waals surface area contributed by atoms with Crippen LogP contribution in [-0.4, -0.2) is 23.0 Å². The van der Waals surface area contributed by atoms with Gasteiger partial charge in [-0.05, 0) is 32.1 Å². The summed E-state index contributed by atoms with van der Waals surface area (Å²) in [6.45, 7) is 2.00. The van der Waals surface area contributed by atoms with Crippen LogP contribution in [0.25, 0.3) is 0 Å². The zero-order valence-corrected chi connectivity index (χ0v) is 12.1. The van der Waals surface area contributed by atoms with E-state index in [0.717, 1.165) is 11.4 Å². The Labute approximate surface area is 118 Å². The third-order valence-corrected chi connectivity index (χ3v) is 5.32. The quantitative estimate of drug-likeness (QED) is 0.892. The maximum absolute atomic E-state index is 12.3. The van der Waals surface area contributed by atoms with E-state index in [1.807, 2.05) is 12.3 Å². The highest BCUT2D eigenvalue weighted by Crippen LogP contribution is 2.33. The zero-order chi connectivity index (χ0) is 13.2. The normalized spacial score (nSPS) is 31.7. The highest BCUT2D eigenvalue weighted by atomic mass is 32.1. The summed E-state index contributed by atoms with van der Waals surface area (Å²) in [5.74, 6) is 0.844. The number of nitrogens with one attached hydrogen (secondary N) is 2. The minimum absolute atomic E-state index is 0.00416. The summed E-state index contributed by atoms with van der Waals surface area (Å²) in [5, 5.41) is 9.52. The second kappa shape index (κ2) is 5.59. The lowest BCUT2D eigenvalue weighted by atomic mass is 9.85. The average molecular weight is 279 g/mol. The van der Waals surface area contributed by atoms with Crippen LogP contribution >= 0.6 is 11.3 Å². The van der Waals surface area contributed by atoms with Crippen molar-refractivity contribution in [2.45, 2.75) is 57.2 Å². The van der Waals surface area contributed by atoms with Crippen molar-refractivity contribution in [3.63, 3.8) is 0 Å². The van der Waals surface area contributed by atoms with Gasteiger partial charge in [0, 0.05) is 17.6 Å². The van der Waals surface area contributed by atoms with Crippen LogP contribution in [0.5, 0.6) is 0 Å². The molecule has 2 aliphatic rings. The van der Waals surface area contributed by atoms with Crippen LogP contribution < -0.4 is 10.6 Å². The number of nitrogens with zero attached hydrogens (tertiary/aromatic N) is 1. The largest absolute Gasteiger partial charge is 0.346 e. The van der Waals surface area contributed by atoms with E-state index in [9.17, 15) is 4.79 Å². The molecule has 1 saturated heterocycles. The van der Waals surface area contributed by atoms with Gasteiger partial charge in [0.2, 0.25) is 5.91 Å². The van der Waals surface area contributed by atoms with Gasteiger partial charge in [0.1, 0.15) is 5.01 Å². The molecule has 0 radical (unpaired) electrons. The van der Waals surface area contributed by atoms with Crippen molar-refractivity contribution < 1.29 is 4.79 Å². The average Bonchev–Trinajstić information content (AvgIpc) is 3.07. The van der Waals surface area contributed by atoms with E-state index >= 15 is 0 Å². The van der Waals surface area contributed by atoms with E-state index in [4.69, 9.17) is 0 Å². The molecule has 1 aliphatic carbocycles. The van der Waals surface area contributed by atoms with Crippen molar-refractivity contribution in [3.05, 3.63) is 16.6 Å². The Morgan fingerprint density at radius 1 is 1.53 bits per heavy atom. The van der Waals surface area contributed by atoms with E-state index in [1.165, 1.54) is 25.7 Å². The second-order valence-corrected chi connectivity index (χ2v) is 6.63. The second-order valence-electron chi connectivity index (χ2n) is 5.71. The molecule has 4 unspecified atom stereocenters. The molecule has 104 valence electrons. The molecule has 0 spiro atoms. The maximum Gasteiger partial charge on any atom is 0.237 e. The summed E-state index contributed by atoms with van der Waals surface area (Å²) in [4.78, 5) is 16.5. The van der Waals surface area contributed by atoms with Crippen molar-refractivity contribution >= 4 is 17.2 Å². The summed E-state index contributed by atoms with van der Waals surface area (Å²) in [6.07, 6.45) is 7.93. The van der Waals surface area contributed by atoms with Gasteiger partial charge in [0.05, 0.1) is 12.1 Å². The number of aromatic nitrogens is 1.